The van der Waals surface area contributed by atoms with Gasteiger partial charge >= 0.3 is 0 Å². The average molecular weight is 268 g/mol. The van der Waals surface area contributed by atoms with Crippen LogP contribution < -0.4 is 5.73 Å². The molecule has 0 unspecified atom stereocenters. The summed E-state index contributed by atoms with van der Waals surface area (Å²) in [4.78, 5) is 2.20. The highest BCUT2D eigenvalue weighted by molar-refractivity contribution is 7.91. The summed E-state index contributed by atoms with van der Waals surface area (Å²) in [6, 6.07) is 5.91. The molecule has 1 aromatic rings. The maximum absolute atomic E-state index is 11.5. The quantitative estimate of drug-likeness (QED) is 0.819. The molecule has 1 aliphatic heterocycles. The number of nitrogen functional groups attached to an aromatic ring is 1. The van der Waals surface area contributed by atoms with Gasteiger partial charge in [0, 0.05) is 18.8 Å². The van der Waals surface area contributed by atoms with E-state index in [0.29, 0.717) is 12.3 Å². The van der Waals surface area contributed by atoms with Gasteiger partial charge in [0.2, 0.25) is 0 Å². The normalized spacial score (nSPS) is 20.5. The summed E-state index contributed by atoms with van der Waals surface area (Å²) in [5.74, 6) is 0.591. The molecule has 4 nitrogen and oxygen atoms in total. The summed E-state index contributed by atoms with van der Waals surface area (Å²) in [6.07, 6.45) is 0.726. The van der Waals surface area contributed by atoms with E-state index in [1.807, 2.05) is 19.1 Å². The monoisotopic (exact) mass is 268 g/mol. The van der Waals surface area contributed by atoms with Crippen molar-refractivity contribution in [2.24, 2.45) is 0 Å². The second-order valence-corrected chi connectivity index (χ2v) is 7.22. The van der Waals surface area contributed by atoms with Gasteiger partial charge in [0.25, 0.3) is 0 Å². The fourth-order valence-electron chi connectivity index (χ4n) is 2.26. The number of anilines is 1. The van der Waals surface area contributed by atoms with E-state index in [2.05, 4.69) is 11.0 Å². The molecule has 2 rings (SSSR count). The molecular formula is C13H20N2O2S. The van der Waals surface area contributed by atoms with Crippen molar-refractivity contribution in [3.05, 3.63) is 29.3 Å². The second-order valence-electron chi connectivity index (χ2n) is 4.91. The highest BCUT2D eigenvalue weighted by Gasteiger charge is 2.19. The van der Waals surface area contributed by atoms with Gasteiger partial charge in [0.05, 0.1) is 11.5 Å². The van der Waals surface area contributed by atoms with Gasteiger partial charge in [-0.05, 0) is 37.1 Å². The topological polar surface area (TPSA) is 63.4 Å². The molecule has 1 heterocycles. The Morgan fingerprint density at radius 2 is 2.06 bits per heavy atom. The Morgan fingerprint density at radius 3 is 2.83 bits per heavy atom. The summed E-state index contributed by atoms with van der Waals surface area (Å²) in [6.45, 7) is 4.26. The van der Waals surface area contributed by atoms with Crippen LogP contribution in [-0.2, 0) is 16.4 Å². The van der Waals surface area contributed by atoms with Crippen molar-refractivity contribution in [2.45, 2.75) is 19.9 Å². The van der Waals surface area contributed by atoms with E-state index in [0.717, 1.165) is 30.8 Å². The smallest absolute Gasteiger partial charge is 0.151 e. The minimum atomic E-state index is -2.83. The van der Waals surface area contributed by atoms with Gasteiger partial charge in [-0.3, -0.25) is 4.90 Å². The largest absolute Gasteiger partial charge is 0.399 e. The van der Waals surface area contributed by atoms with Crippen LogP contribution in [0.15, 0.2) is 18.2 Å². The zero-order valence-corrected chi connectivity index (χ0v) is 11.5. The van der Waals surface area contributed by atoms with Crippen molar-refractivity contribution in [3.8, 4) is 0 Å². The number of sulfone groups is 1. The maximum Gasteiger partial charge on any atom is 0.151 e. The molecule has 0 spiro atoms. The molecule has 0 bridgehead atoms. The van der Waals surface area contributed by atoms with Crippen molar-refractivity contribution >= 4 is 15.5 Å². The second kappa shape index (κ2) is 5.28. The molecule has 0 atom stereocenters. The third kappa shape index (κ3) is 3.23. The standard InChI is InChI=1S/C13H20N2O2S/c1-11-12(4-2-5-13(11)14)10-15-6-3-8-18(16,17)9-7-15/h2,4-5H,3,6-10,14H2,1H3. The van der Waals surface area contributed by atoms with Gasteiger partial charge in [0.15, 0.2) is 9.84 Å². The minimum absolute atomic E-state index is 0.272. The lowest BCUT2D eigenvalue weighted by Crippen LogP contribution is -2.27. The first-order valence-electron chi connectivity index (χ1n) is 6.25. The lowest BCUT2D eigenvalue weighted by atomic mass is 10.1. The Bertz CT molecular complexity index is 526. The highest BCUT2D eigenvalue weighted by atomic mass is 32.2. The number of nitrogens with two attached hydrogens (primary N) is 1. The highest BCUT2D eigenvalue weighted by Crippen LogP contribution is 2.18. The summed E-state index contributed by atoms with van der Waals surface area (Å²) in [5.41, 5.74) is 8.98. The molecule has 1 aromatic carbocycles. The van der Waals surface area contributed by atoms with Gasteiger partial charge < -0.3 is 5.73 Å². The molecule has 5 heteroatoms. The average Bonchev–Trinajstić information content (AvgIpc) is 2.47. The Kier molecular flexibility index (Phi) is 3.92. The van der Waals surface area contributed by atoms with Gasteiger partial charge in [-0.15, -0.1) is 0 Å². The summed E-state index contributed by atoms with van der Waals surface area (Å²) in [7, 11) is -2.83. The molecular weight excluding hydrogens is 248 g/mol. The number of rotatable bonds is 2. The first-order chi connectivity index (χ1) is 8.48. The minimum Gasteiger partial charge on any atom is -0.399 e. The van der Waals surface area contributed by atoms with Crippen LogP contribution in [-0.4, -0.2) is 37.9 Å². The van der Waals surface area contributed by atoms with Crippen LogP contribution in [0.4, 0.5) is 5.69 Å². The number of hydrogen-bond donors (Lipinski definition) is 1. The van der Waals surface area contributed by atoms with Crippen molar-refractivity contribution < 1.29 is 8.42 Å². The molecule has 0 amide bonds. The lowest BCUT2D eigenvalue weighted by Gasteiger charge is -2.20. The van der Waals surface area contributed by atoms with E-state index < -0.39 is 9.84 Å². The van der Waals surface area contributed by atoms with Crippen molar-refractivity contribution in [1.82, 2.24) is 4.90 Å². The SMILES string of the molecule is Cc1c(N)cccc1CN1CCCS(=O)(=O)CC1. The van der Waals surface area contributed by atoms with Crippen LogP contribution in [0, 0.1) is 6.92 Å². The Balaban J connectivity index is 2.08. The summed E-state index contributed by atoms with van der Waals surface area (Å²) in [5, 5.41) is 0. The van der Waals surface area contributed by atoms with Crippen molar-refractivity contribution in [1.29, 1.82) is 0 Å². The first-order valence-corrected chi connectivity index (χ1v) is 8.07. The molecule has 0 radical (unpaired) electrons. The number of benzene rings is 1. The third-order valence-electron chi connectivity index (χ3n) is 3.53. The van der Waals surface area contributed by atoms with Crippen LogP contribution in [0.2, 0.25) is 0 Å². The van der Waals surface area contributed by atoms with Gasteiger partial charge in [-0.1, -0.05) is 12.1 Å². The van der Waals surface area contributed by atoms with Gasteiger partial charge in [-0.25, -0.2) is 8.42 Å². The van der Waals surface area contributed by atoms with Crippen molar-refractivity contribution in [2.75, 3.05) is 30.3 Å². The van der Waals surface area contributed by atoms with E-state index >= 15 is 0 Å². The molecule has 1 aliphatic rings. The third-order valence-corrected chi connectivity index (χ3v) is 5.25. The molecule has 100 valence electrons. The number of nitrogens with zero attached hydrogens (tertiary/aromatic N) is 1. The van der Waals surface area contributed by atoms with Crippen LogP contribution in [0.1, 0.15) is 17.5 Å². The van der Waals surface area contributed by atoms with E-state index in [-0.39, 0.29) is 5.75 Å². The predicted octanol–water partition coefficient (Wildman–Crippen LogP) is 1.20. The van der Waals surface area contributed by atoms with E-state index in [9.17, 15) is 8.42 Å². The Hall–Kier alpha value is -1.07. The van der Waals surface area contributed by atoms with Gasteiger partial charge in [0.1, 0.15) is 0 Å². The lowest BCUT2D eigenvalue weighted by molar-refractivity contribution is 0.287. The predicted molar refractivity (Wildman–Crippen MR) is 74.1 cm³/mol. The van der Waals surface area contributed by atoms with E-state index in [4.69, 9.17) is 5.73 Å². The van der Waals surface area contributed by atoms with E-state index in [1.165, 1.54) is 5.56 Å². The molecule has 0 aromatic heterocycles. The van der Waals surface area contributed by atoms with Crippen LogP contribution in [0.25, 0.3) is 0 Å². The Labute approximate surface area is 109 Å². The summed E-state index contributed by atoms with van der Waals surface area (Å²) < 4.78 is 23.1. The van der Waals surface area contributed by atoms with Crippen molar-refractivity contribution in [3.63, 3.8) is 0 Å². The molecule has 2 N–H and O–H groups in total. The van der Waals surface area contributed by atoms with Gasteiger partial charge in [-0.2, -0.15) is 0 Å². The fraction of sp³-hybridized carbons (Fsp3) is 0.538. The zero-order valence-electron chi connectivity index (χ0n) is 10.7. The number of hydrogen-bond acceptors (Lipinski definition) is 4. The Morgan fingerprint density at radius 1 is 1.28 bits per heavy atom. The molecule has 1 fully saturated rings. The zero-order chi connectivity index (χ0) is 13.2. The summed E-state index contributed by atoms with van der Waals surface area (Å²) >= 11 is 0. The molecule has 1 saturated heterocycles. The fourth-order valence-corrected chi connectivity index (χ4v) is 3.57. The van der Waals surface area contributed by atoms with Crippen LogP contribution in [0.5, 0.6) is 0 Å². The first kappa shape index (κ1) is 13.4. The molecule has 0 aliphatic carbocycles. The molecule has 0 saturated carbocycles. The van der Waals surface area contributed by atoms with E-state index in [1.54, 1.807) is 0 Å². The molecule has 18 heavy (non-hydrogen) atoms. The maximum atomic E-state index is 11.5. The van der Waals surface area contributed by atoms with Crippen LogP contribution in [0.3, 0.4) is 0 Å². The van der Waals surface area contributed by atoms with Crippen LogP contribution >= 0.6 is 0 Å².